The van der Waals surface area contributed by atoms with E-state index in [1.807, 2.05) is 12.1 Å². The van der Waals surface area contributed by atoms with E-state index in [1.54, 1.807) is 6.07 Å². The van der Waals surface area contributed by atoms with Crippen molar-refractivity contribution in [3.05, 3.63) is 71.4 Å². The van der Waals surface area contributed by atoms with Crippen molar-refractivity contribution < 1.29 is 5.11 Å². The van der Waals surface area contributed by atoms with Crippen molar-refractivity contribution in [3.8, 4) is 5.75 Å². The van der Waals surface area contributed by atoms with Gasteiger partial charge in [-0.05, 0) is 67.2 Å². The molecule has 2 aliphatic rings. The second kappa shape index (κ2) is 5.57. The number of rotatable bonds is 1. The van der Waals surface area contributed by atoms with Gasteiger partial charge >= 0.3 is 0 Å². The van der Waals surface area contributed by atoms with Crippen LogP contribution in [0.4, 0.5) is 0 Å². The molecule has 0 radical (unpaired) electrons. The van der Waals surface area contributed by atoms with Gasteiger partial charge in [-0.3, -0.25) is 4.98 Å². The molecule has 25 heavy (non-hydrogen) atoms. The summed E-state index contributed by atoms with van der Waals surface area (Å²) in [6.45, 7) is 2.05. The van der Waals surface area contributed by atoms with Crippen LogP contribution in [0.25, 0.3) is 10.9 Å². The fourth-order valence-electron chi connectivity index (χ4n) is 4.88. The molecule has 126 valence electrons. The third-order valence-corrected chi connectivity index (χ3v) is 6.18. The van der Waals surface area contributed by atoms with Gasteiger partial charge in [0.05, 0.1) is 5.52 Å². The van der Waals surface area contributed by atoms with Crippen LogP contribution in [-0.2, 0) is 18.3 Å². The second-order valence-corrected chi connectivity index (χ2v) is 7.53. The predicted octanol–water partition coefficient (Wildman–Crippen LogP) is 3.59. The normalized spacial score (nSPS) is 25.4. The smallest absolute Gasteiger partial charge is 0.115 e. The van der Waals surface area contributed by atoms with Gasteiger partial charge in [-0.2, -0.15) is 0 Å². The van der Waals surface area contributed by atoms with Crippen LogP contribution in [0.2, 0.25) is 0 Å². The zero-order chi connectivity index (χ0) is 16.9. The molecular weight excluding hydrogens is 308 g/mol. The largest absolute Gasteiger partial charge is 0.508 e. The van der Waals surface area contributed by atoms with Crippen LogP contribution in [-0.4, -0.2) is 23.2 Å². The van der Waals surface area contributed by atoms with Crippen LogP contribution in [0, 0.1) is 5.92 Å². The van der Waals surface area contributed by atoms with Crippen molar-refractivity contribution >= 4 is 10.9 Å². The number of nitrogens with zero attached hydrogens (tertiary/aromatic N) is 1. The molecule has 2 N–H and O–H groups in total. The van der Waals surface area contributed by atoms with Crippen molar-refractivity contribution in [2.24, 2.45) is 5.92 Å². The Kier molecular flexibility index (Phi) is 3.32. The maximum absolute atomic E-state index is 10.0. The number of phenols is 1. The number of piperidine rings is 1. The third-order valence-electron chi connectivity index (χ3n) is 6.18. The van der Waals surface area contributed by atoms with Gasteiger partial charge in [-0.15, -0.1) is 0 Å². The Morgan fingerprint density at radius 3 is 2.92 bits per heavy atom. The molecule has 3 aromatic rings. The highest BCUT2D eigenvalue weighted by Crippen LogP contribution is 2.46. The number of para-hydroxylation sites is 1. The first-order valence-corrected chi connectivity index (χ1v) is 9.12. The molecule has 2 aromatic carbocycles. The molecule has 2 heterocycles. The van der Waals surface area contributed by atoms with Crippen molar-refractivity contribution in [3.63, 3.8) is 0 Å². The Morgan fingerprint density at radius 2 is 2.00 bits per heavy atom. The Bertz CT molecular complexity index is 952. The first-order chi connectivity index (χ1) is 12.2. The van der Waals surface area contributed by atoms with E-state index in [0.29, 0.717) is 11.7 Å². The number of benzene rings is 2. The lowest BCUT2D eigenvalue weighted by Crippen LogP contribution is -2.52. The SMILES string of the molecule is Oc1cccc([C@]23CCNC[C@@H]2Cc2cc4ccccc4nc2C3)c1. The number of nitrogens with one attached hydrogen (secondary N) is 1. The van der Waals surface area contributed by atoms with Crippen LogP contribution in [0.1, 0.15) is 23.2 Å². The summed E-state index contributed by atoms with van der Waals surface area (Å²) < 4.78 is 0. The lowest BCUT2D eigenvalue weighted by atomic mass is 9.59. The van der Waals surface area contributed by atoms with E-state index in [0.717, 1.165) is 37.9 Å². The number of aromatic hydroxyl groups is 1. The van der Waals surface area contributed by atoms with E-state index in [2.05, 4.69) is 41.7 Å². The minimum Gasteiger partial charge on any atom is -0.508 e. The van der Waals surface area contributed by atoms with Gasteiger partial charge in [0, 0.05) is 22.9 Å². The van der Waals surface area contributed by atoms with Gasteiger partial charge in [-0.1, -0.05) is 30.3 Å². The second-order valence-electron chi connectivity index (χ2n) is 7.53. The number of pyridine rings is 1. The summed E-state index contributed by atoms with van der Waals surface area (Å²) in [6, 6.07) is 18.6. The van der Waals surface area contributed by atoms with Gasteiger partial charge in [0.2, 0.25) is 0 Å². The van der Waals surface area contributed by atoms with Crippen LogP contribution < -0.4 is 5.32 Å². The zero-order valence-corrected chi connectivity index (χ0v) is 14.2. The van der Waals surface area contributed by atoms with Crippen molar-refractivity contribution in [1.82, 2.24) is 10.3 Å². The summed E-state index contributed by atoms with van der Waals surface area (Å²) in [4.78, 5) is 5.02. The molecule has 1 saturated heterocycles. The van der Waals surface area contributed by atoms with Crippen LogP contribution in [0.3, 0.4) is 0 Å². The highest BCUT2D eigenvalue weighted by molar-refractivity contribution is 5.79. The molecule has 2 atom stereocenters. The van der Waals surface area contributed by atoms with Gasteiger partial charge < -0.3 is 10.4 Å². The Labute approximate surface area is 147 Å². The molecule has 3 heteroatoms. The van der Waals surface area contributed by atoms with Crippen LogP contribution >= 0.6 is 0 Å². The minimum atomic E-state index is 0.0758. The van der Waals surface area contributed by atoms with Gasteiger partial charge in [0.25, 0.3) is 0 Å². The summed E-state index contributed by atoms with van der Waals surface area (Å²) in [7, 11) is 0. The predicted molar refractivity (Wildman–Crippen MR) is 99.9 cm³/mol. The lowest BCUT2D eigenvalue weighted by molar-refractivity contribution is 0.181. The summed E-state index contributed by atoms with van der Waals surface area (Å²) >= 11 is 0. The first-order valence-electron chi connectivity index (χ1n) is 9.12. The van der Waals surface area contributed by atoms with Crippen molar-refractivity contribution in [1.29, 1.82) is 0 Å². The molecule has 0 spiro atoms. The van der Waals surface area contributed by atoms with Gasteiger partial charge in [-0.25, -0.2) is 0 Å². The monoisotopic (exact) mass is 330 g/mol. The Hall–Kier alpha value is -2.39. The Balaban J connectivity index is 1.67. The topological polar surface area (TPSA) is 45.1 Å². The molecule has 1 aromatic heterocycles. The maximum atomic E-state index is 10.0. The van der Waals surface area contributed by atoms with E-state index in [-0.39, 0.29) is 5.41 Å². The molecule has 0 unspecified atom stereocenters. The Morgan fingerprint density at radius 1 is 1.08 bits per heavy atom. The van der Waals surface area contributed by atoms with Gasteiger partial charge in [0.15, 0.2) is 0 Å². The summed E-state index contributed by atoms with van der Waals surface area (Å²) in [5, 5.41) is 14.8. The third kappa shape index (κ3) is 2.34. The quantitative estimate of drug-likeness (QED) is 0.717. The molecule has 1 aliphatic carbocycles. The minimum absolute atomic E-state index is 0.0758. The molecule has 0 bridgehead atoms. The van der Waals surface area contributed by atoms with Crippen LogP contribution in [0.5, 0.6) is 5.75 Å². The highest BCUT2D eigenvalue weighted by Gasteiger charge is 2.46. The van der Waals surface area contributed by atoms with E-state index in [4.69, 9.17) is 4.98 Å². The van der Waals surface area contributed by atoms with Crippen molar-refractivity contribution in [2.45, 2.75) is 24.7 Å². The molecule has 1 fully saturated rings. The molecule has 3 nitrogen and oxygen atoms in total. The molecule has 0 amide bonds. The summed E-state index contributed by atoms with van der Waals surface area (Å²) in [5.41, 5.74) is 5.05. The number of hydrogen-bond acceptors (Lipinski definition) is 3. The number of fused-ring (bicyclic) bond motifs is 3. The molecular formula is C22H22N2O. The summed E-state index contributed by atoms with van der Waals surface area (Å²) in [5.74, 6) is 0.903. The van der Waals surface area contributed by atoms with E-state index >= 15 is 0 Å². The number of phenolic OH excluding ortho intramolecular Hbond substituents is 1. The maximum Gasteiger partial charge on any atom is 0.115 e. The first kappa shape index (κ1) is 14.9. The number of aromatic nitrogens is 1. The van der Waals surface area contributed by atoms with Crippen LogP contribution in [0.15, 0.2) is 54.6 Å². The number of hydrogen-bond donors (Lipinski definition) is 2. The van der Waals surface area contributed by atoms with E-state index in [9.17, 15) is 5.11 Å². The standard InChI is InChI=1S/C22H22N2O/c25-19-6-3-5-17(12-19)22-8-9-23-14-18(22)11-16-10-15-4-1-2-7-20(15)24-21(16)13-22/h1-7,10,12,18,23,25H,8-9,11,13-14H2/t18-,22+/m0/s1. The lowest BCUT2D eigenvalue weighted by Gasteiger charge is -2.48. The van der Waals surface area contributed by atoms with E-state index < -0.39 is 0 Å². The average Bonchev–Trinajstić information content (AvgIpc) is 2.64. The summed E-state index contributed by atoms with van der Waals surface area (Å²) in [6.07, 6.45) is 3.11. The average molecular weight is 330 g/mol. The zero-order valence-electron chi connectivity index (χ0n) is 14.2. The van der Waals surface area contributed by atoms with Crippen molar-refractivity contribution in [2.75, 3.05) is 13.1 Å². The fourth-order valence-corrected chi connectivity index (χ4v) is 4.88. The molecule has 5 rings (SSSR count). The van der Waals surface area contributed by atoms with Gasteiger partial charge in [0.1, 0.15) is 5.75 Å². The van der Waals surface area contributed by atoms with E-state index in [1.165, 1.54) is 22.2 Å². The molecule has 1 aliphatic heterocycles. The molecule has 0 saturated carbocycles. The fraction of sp³-hybridized carbons (Fsp3) is 0.318. The highest BCUT2D eigenvalue weighted by atomic mass is 16.3.